The Labute approximate surface area is 747 Å². The SMILES string of the molecule is CC[C@@]1(N=[N+]=[N-])O[C@@H](n2ccc(-n3ccnc3)nc2=O)[C@H](OC(=O)c2ccccc2)[C@@H]1OC(=O)c1ccccc1.CC[C@@]1(N=[N+]=[N-])O[C@@H](n2ccc(=O)[nH]c2=O)[C@H](OC(=O)c2ccccc2)[C@@H]1OC(=O)c1ccccc1.CC[C@@]1(N=[N+]=[N-])O[C@@H](n2ccc(N)nc2=O)[C@H](OC(=O)c2ccccc2)[C@@H]1OC(=O)c1ccccc1.O.[N-]=[N+]=N[C@]1(CO)O[C@@H](n2ccc(N)nc2=O)[C@H](O)[C@@H]1O. The number of hydrogen-bond donors (Lipinski definition) is 6. The van der Waals surface area contributed by atoms with E-state index < -0.39 is 167 Å². The minimum atomic E-state index is -2.07. The lowest BCUT2D eigenvalue weighted by atomic mass is 10.0. The molecule has 686 valence electrons. The van der Waals surface area contributed by atoms with Crippen LogP contribution < -0.4 is 39.8 Å². The van der Waals surface area contributed by atoms with Crippen molar-refractivity contribution in [1.82, 2.24) is 47.8 Å². The van der Waals surface area contributed by atoms with E-state index >= 15 is 0 Å². The molecule has 15 rings (SSSR count). The number of nitrogens with one attached hydrogen (secondary N) is 1. The molecule has 10 N–H and O–H groups in total. The molecule has 9 heterocycles. The maximum absolute atomic E-state index is 13.2. The van der Waals surface area contributed by atoms with Gasteiger partial charge in [-0.3, -0.25) is 32.6 Å². The molecule has 0 saturated carbocycles. The van der Waals surface area contributed by atoms with Crippen molar-refractivity contribution in [2.45, 2.75) is 137 Å². The monoisotopic (exact) mass is 1820 g/mol. The topological polar surface area (TPSA) is 711 Å². The fourth-order valence-electron chi connectivity index (χ4n) is 14.2. The highest BCUT2D eigenvalue weighted by Crippen LogP contribution is 2.48. The van der Waals surface area contributed by atoms with Gasteiger partial charge in [0.1, 0.15) is 36.0 Å². The molecule has 6 aromatic carbocycles. The van der Waals surface area contributed by atoms with Gasteiger partial charge < -0.3 is 79.6 Å². The number of nitrogens with zero attached hydrogens (tertiary/aromatic N) is 21. The smallest absolute Gasteiger partial charge is 0.351 e. The number of rotatable bonds is 25. The van der Waals surface area contributed by atoms with Crippen LogP contribution in [0.3, 0.4) is 0 Å². The Hall–Kier alpha value is -16.8. The molecule has 0 bridgehead atoms. The fourth-order valence-corrected chi connectivity index (χ4v) is 14.2. The van der Waals surface area contributed by atoms with Crippen LogP contribution in [0.2, 0.25) is 0 Å². The van der Waals surface area contributed by atoms with E-state index in [1.165, 1.54) is 102 Å². The number of aromatic amines is 1. The standard InChI is InChI=1S/C27H23N7O6.C24H22N6O6.C24H21N5O7.C9H12N6O5.H2O/c1-2-27(31-32-28)22(39-25(36)19-11-7-4-8-12-19)21(38-24(35)18-9-5-3-6-10-18)23(40-27)34-15-13-20(30-26(34)37)33-16-14-29-17-33;1-2-24(28-29-26)19(35-22(32)16-11-7-4-8-12-16)18(34-21(31)15-9-5-3-6-10-15)20(36-24)30-14-13-17(25)27-23(30)33;1-2-24(27-28-25)19(35-22(32)16-11-7-4-8-12-16)18(34-21(31)15-9-5-3-6-10-15)20(36-24)29-14-13-17(30)26-23(29)33;10-4-1-2-15(8(19)12-4)7-5(17)6(18)9(3-16,20-7)13-14-11;/h3-17,21-23H,2H2,1H3;3-14,18-20H,2H2,1H3,(H2,25,27,33);3-14,18-20H,2H2,1H3,(H,26,30,33);1-2,5-7,16-18H,3H2,(H2,10,12,19);1H2/t21-,22+,23-,27-;2*18-,19+,20-,24-;5-,6+,7-,9-;/m1111./s1. The Morgan fingerprint density at radius 1 is 0.414 bits per heavy atom. The van der Waals surface area contributed by atoms with E-state index in [-0.39, 0.29) is 69.8 Å². The second-order valence-corrected chi connectivity index (χ2v) is 28.7. The van der Waals surface area contributed by atoms with E-state index in [0.29, 0.717) is 5.82 Å². The fraction of sp³-hybridized carbons (Fsp3) is 0.274. The number of aliphatic hydroxyl groups excluding tert-OH is 3. The number of carbonyl (C=O) groups is 6. The van der Waals surface area contributed by atoms with Crippen molar-refractivity contribution in [3.63, 3.8) is 0 Å². The Balaban J connectivity index is 0.000000174. The first-order valence-electron chi connectivity index (χ1n) is 39.7. The van der Waals surface area contributed by atoms with Gasteiger partial charge in [0.25, 0.3) is 5.56 Å². The predicted octanol–water partition coefficient (Wildman–Crippen LogP) is 7.23. The minimum Gasteiger partial charge on any atom is -0.451 e. The molecule has 0 amide bonds. The Morgan fingerprint density at radius 2 is 0.707 bits per heavy atom. The van der Waals surface area contributed by atoms with Crippen LogP contribution in [0.15, 0.2) is 294 Å². The van der Waals surface area contributed by atoms with E-state index in [4.69, 9.17) is 64.4 Å². The number of azide groups is 4. The van der Waals surface area contributed by atoms with Gasteiger partial charge in [-0.2, -0.15) is 15.0 Å². The number of carbonyl (C=O) groups excluding carboxylic acids is 6. The molecular weight excluding hydrogens is 1750 g/mol. The van der Waals surface area contributed by atoms with Gasteiger partial charge in [0.05, 0.1) is 40.0 Å². The second-order valence-electron chi connectivity index (χ2n) is 28.7. The van der Waals surface area contributed by atoms with Crippen molar-refractivity contribution in [3.8, 4) is 5.82 Å². The lowest BCUT2D eigenvalue weighted by molar-refractivity contribution is -0.125. The number of esters is 6. The highest BCUT2D eigenvalue weighted by Gasteiger charge is 2.63. The molecular formula is C84H80N24O25. The average molecular weight is 1830 g/mol. The maximum atomic E-state index is 13.2. The summed E-state index contributed by atoms with van der Waals surface area (Å²) in [5.41, 5.74) is 37.3. The molecule has 11 aromatic rings. The lowest BCUT2D eigenvalue weighted by Crippen LogP contribution is -2.46. The van der Waals surface area contributed by atoms with Gasteiger partial charge in [0.15, 0.2) is 78.7 Å². The molecule has 4 fully saturated rings. The molecule has 49 heteroatoms. The van der Waals surface area contributed by atoms with Crippen LogP contribution in [0.5, 0.6) is 0 Å². The van der Waals surface area contributed by atoms with Gasteiger partial charge >= 0.3 is 58.6 Å². The van der Waals surface area contributed by atoms with Crippen molar-refractivity contribution in [3.05, 3.63) is 377 Å². The van der Waals surface area contributed by atoms with Gasteiger partial charge in [0, 0.05) is 62.9 Å². The number of nitrogen functional groups attached to an aromatic ring is 2. The van der Waals surface area contributed by atoms with Crippen LogP contribution in [0.4, 0.5) is 11.6 Å². The van der Waals surface area contributed by atoms with Crippen LogP contribution in [0.25, 0.3) is 47.6 Å². The highest BCUT2D eigenvalue weighted by atomic mass is 16.7. The van der Waals surface area contributed by atoms with Gasteiger partial charge in [0.2, 0.25) is 5.72 Å². The summed E-state index contributed by atoms with van der Waals surface area (Å²) >= 11 is 0. The first-order valence-corrected chi connectivity index (χ1v) is 39.7. The number of benzene rings is 6. The molecule has 0 spiro atoms. The third-order valence-corrected chi connectivity index (χ3v) is 20.8. The zero-order valence-electron chi connectivity index (χ0n) is 69.9. The van der Waals surface area contributed by atoms with Crippen molar-refractivity contribution < 1.29 is 96.9 Å². The van der Waals surface area contributed by atoms with E-state index in [0.717, 1.165) is 30.5 Å². The number of imidazole rings is 1. The van der Waals surface area contributed by atoms with E-state index in [2.05, 4.69) is 65.0 Å². The summed E-state index contributed by atoms with van der Waals surface area (Å²) in [5.74, 6) is -4.40. The third kappa shape index (κ3) is 21.5. The van der Waals surface area contributed by atoms with Crippen molar-refractivity contribution >= 4 is 47.5 Å². The molecule has 49 nitrogen and oxygen atoms in total. The molecule has 4 aliphatic rings. The zero-order chi connectivity index (χ0) is 94.4. The highest BCUT2D eigenvalue weighted by molar-refractivity contribution is 5.92. The lowest BCUT2D eigenvalue weighted by Gasteiger charge is -2.29. The van der Waals surface area contributed by atoms with Crippen LogP contribution in [-0.4, -0.2) is 183 Å². The quantitative estimate of drug-likeness (QED) is 0.0108. The molecule has 5 aromatic heterocycles. The molecule has 16 atom stereocenters. The van der Waals surface area contributed by atoms with E-state index in [1.807, 2.05) is 0 Å². The van der Waals surface area contributed by atoms with E-state index in [1.54, 1.807) is 160 Å². The molecule has 0 unspecified atom stereocenters. The van der Waals surface area contributed by atoms with Crippen LogP contribution in [-0.2, 0) is 47.4 Å². The summed E-state index contributed by atoms with van der Waals surface area (Å²) < 4.78 is 63.6. The first kappa shape index (κ1) is 96.8. The Bertz CT molecular complexity index is 6510. The predicted molar refractivity (Wildman–Crippen MR) is 458 cm³/mol. The average Bonchev–Trinajstić information content (AvgIpc) is 1.60. The second kappa shape index (κ2) is 43.3. The molecule has 4 saturated heterocycles. The number of hydrogen-bond acceptors (Lipinski definition) is 34. The number of anilines is 2. The zero-order valence-corrected chi connectivity index (χ0v) is 69.9. The van der Waals surface area contributed by atoms with Crippen LogP contribution >= 0.6 is 0 Å². The molecule has 0 radical (unpaired) electrons. The van der Waals surface area contributed by atoms with Gasteiger partial charge in [-0.1, -0.05) is 150 Å². The van der Waals surface area contributed by atoms with Gasteiger partial charge in [-0.05, 0) is 132 Å². The first-order chi connectivity index (χ1) is 63.7. The summed E-state index contributed by atoms with van der Waals surface area (Å²) in [6.45, 7) is 4.04. The van der Waals surface area contributed by atoms with Gasteiger partial charge in [-0.25, -0.2) is 52.9 Å². The van der Waals surface area contributed by atoms with Crippen LogP contribution in [0, 0.1) is 0 Å². The van der Waals surface area contributed by atoms with E-state index in [9.17, 15) is 84.7 Å². The molecule has 133 heavy (non-hydrogen) atoms. The minimum absolute atomic E-state index is 0. The van der Waals surface area contributed by atoms with Crippen molar-refractivity contribution in [2.75, 3.05) is 18.1 Å². The van der Waals surface area contributed by atoms with Gasteiger partial charge in [-0.15, -0.1) is 0 Å². The summed E-state index contributed by atoms with van der Waals surface area (Å²) in [6.07, 6.45) is -7.56. The largest absolute Gasteiger partial charge is 0.451 e. The summed E-state index contributed by atoms with van der Waals surface area (Å²) in [7, 11) is 0. The number of nitrogens with two attached hydrogens (primary N) is 2. The summed E-state index contributed by atoms with van der Waals surface area (Å²) in [4.78, 5) is 169. The Kier molecular flexibility index (Phi) is 31.5. The molecule has 4 aliphatic heterocycles. The number of aromatic nitrogens is 10. The number of aliphatic hydroxyl groups is 3. The Morgan fingerprint density at radius 3 is 1.00 bits per heavy atom. The summed E-state index contributed by atoms with van der Waals surface area (Å²) in [5, 5.41) is 43.5. The number of ether oxygens (including phenoxy) is 10. The summed E-state index contributed by atoms with van der Waals surface area (Å²) in [6, 6.07) is 53.8. The maximum Gasteiger partial charge on any atom is 0.351 e. The number of H-pyrrole nitrogens is 1. The van der Waals surface area contributed by atoms with Crippen LogP contribution in [0.1, 0.15) is 127 Å². The van der Waals surface area contributed by atoms with Crippen molar-refractivity contribution in [2.24, 2.45) is 20.5 Å². The van der Waals surface area contributed by atoms with Crippen molar-refractivity contribution in [1.29, 1.82) is 0 Å². The normalized spacial score (nSPS) is 23.9. The third-order valence-electron chi connectivity index (χ3n) is 20.8. The molecule has 0 aliphatic carbocycles.